The number of rotatable bonds is 4. The number of allylic oxidation sites excluding steroid dienone is 2. The number of methoxy groups -OCH3 is 1. The predicted molar refractivity (Wildman–Crippen MR) is 135 cm³/mol. The Kier molecular flexibility index (Phi) is 5.88. The lowest BCUT2D eigenvalue weighted by atomic mass is 9.74. The summed E-state index contributed by atoms with van der Waals surface area (Å²) < 4.78 is 11.8. The SMILES string of the molecule is COC1C=CC2=C(C1)C(=CCCN1CCC3(CCc4ccccc43)CC1)c1cccnc1CO2. The van der Waals surface area contributed by atoms with Gasteiger partial charge in [0.2, 0.25) is 0 Å². The van der Waals surface area contributed by atoms with Gasteiger partial charge in [-0.3, -0.25) is 4.98 Å². The maximum atomic E-state index is 6.16. The van der Waals surface area contributed by atoms with Crippen molar-refractivity contribution >= 4 is 5.57 Å². The average molecular weight is 455 g/mol. The molecule has 4 nitrogen and oxygen atoms in total. The molecule has 1 fully saturated rings. The first-order valence-electron chi connectivity index (χ1n) is 12.8. The first-order valence-corrected chi connectivity index (χ1v) is 12.8. The van der Waals surface area contributed by atoms with Crippen molar-refractivity contribution in [3.63, 3.8) is 0 Å². The highest BCUT2D eigenvalue weighted by atomic mass is 16.5. The van der Waals surface area contributed by atoms with Crippen molar-refractivity contribution < 1.29 is 9.47 Å². The highest BCUT2D eigenvalue weighted by Gasteiger charge is 2.40. The molecule has 1 aromatic carbocycles. The topological polar surface area (TPSA) is 34.6 Å². The van der Waals surface area contributed by atoms with Crippen LogP contribution in [0, 0.1) is 0 Å². The van der Waals surface area contributed by atoms with Crippen LogP contribution in [-0.4, -0.2) is 42.7 Å². The molecule has 2 aliphatic carbocycles. The molecule has 0 amide bonds. The van der Waals surface area contributed by atoms with E-state index in [9.17, 15) is 0 Å². The van der Waals surface area contributed by atoms with Gasteiger partial charge in [-0.2, -0.15) is 0 Å². The summed E-state index contributed by atoms with van der Waals surface area (Å²) in [6.07, 6.45) is 15.6. The third-order valence-corrected chi connectivity index (χ3v) is 8.41. The molecule has 176 valence electrons. The van der Waals surface area contributed by atoms with Crippen molar-refractivity contribution in [2.75, 3.05) is 26.7 Å². The van der Waals surface area contributed by atoms with Crippen LogP contribution in [-0.2, 0) is 27.9 Å². The summed E-state index contributed by atoms with van der Waals surface area (Å²) in [4.78, 5) is 7.29. The van der Waals surface area contributed by atoms with Gasteiger partial charge in [0.25, 0.3) is 0 Å². The summed E-state index contributed by atoms with van der Waals surface area (Å²) in [6.45, 7) is 4.01. The second-order valence-electron chi connectivity index (χ2n) is 10.2. The molecule has 2 aromatic rings. The third-order valence-electron chi connectivity index (χ3n) is 8.41. The van der Waals surface area contributed by atoms with Gasteiger partial charge in [0.1, 0.15) is 12.4 Å². The van der Waals surface area contributed by atoms with Gasteiger partial charge in [0.15, 0.2) is 0 Å². The first kappa shape index (κ1) is 21.8. The van der Waals surface area contributed by atoms with Gasteiger partial charge >= 0.3 is 0 Å². The van der Waals surface area contributed by atoms with Crippen molar-refractivity contribution in [2.24, 2.45) is 0 Å². The van der Waals surface area contributed by atoms with E-state index in [1.54, 1.807) is 18.2 Å². The minimum absolute atomic E-state index is 0.0940. The van der Waals surface area contributed by atoms with Crippen LogP contribution in [0.3, 0.4) is 0 Å². The summed E-state index contributed by atoms with van der Waals surface area (Å²) in [5.41, 5.74) is 8.41. The zero-order valence-electron chi connectivity index (χ0n) is 20.1. The molecule has 0 radical (unpaired) electrons. The molecule has 2 aliphatic heterocycles. The van der Waals surface area contributed by atoms with Crippen LogP contribution in [0.25, 0.3) is 5.57 Å². The molecule has 1 aromatic heterocycles. The fourth-order valence-corrected chi connectivity index (χ4v) is 6.42. The van der Waals surface area contributed by atoms with Crippen molar-refractivity contribution in [1.29, 1.82) is 0 Å². The van der Waals surface area contributed by atoms with E-state index in [0.29, 0.717) is 12.0 Å². The van der Waals surface area contributed by atoms with Gasteiger partial charge < -0.3 is 14.4 Å². The normalized spacial score (nSPS) is 24.5. The summed E-state index contributed by atoms with van der Waals surface area (Å²) in [6, 6.07) is 13.4. The average Bonchev–Trinajstić information content (AvgIpc) is 3.16. The Hall–Kier alpha value is -2.69. The highest BCUT2D eigenvalue weighted by Crippen LogP contribution is 2.46. The van der Waals surface area contributed by atoms with E-state index in [4.69, 9.17) is 9.47 Å². The van der Waals surface area contributed by atoms with Gasteiger partial charge in [0, 0.05) is 37.4 Å². The Bertz CT molecular complexity index is 1150. The molecular formula is C30H34N2O2. The fourth-order valence-electron chi connectivity index (χ4n) is 6.42. The fraction of sp³-hybridized carbons (Fsp3) is 0.433. The zero-order valence-corrected chi connectivity index (χ0v) is 20.1. The van der Waals surface area contributed by atoms with Crippen LogP contribution in [0.5, 0.6) is 0 Å². The summed E-state index contributed by atoms with van der Waals surface area (Å²) in [5.74, 6) is 0.970. The molecule has 34 heavy (non-hydrogen) atoms. The lowest BCUT2D eigenvalue weighted by molar-refractivity contribution is 0.134. The smallest absolute Gasteiger partial charge is 0.131 e. The van der Waals surface area contributed by atoms with E-state index in [-0.39, 0.29) is 6.10 Å². The number of likely N-dealkylation sites (tertiary alicyclic amines) is 1. The van der Waals surface area contributed by atoms with Gasteiger partial charge in [-0.1, -0.05) is 42.5 Å². The van der Waals surface area contributed by atoms with Crippen molar-refractivity contribution in [2.45, 2.75) is 56.7 Å². The Labute approximate surface area is 203 Å². The number of fused-ring (bicyclic) bond motifs is 3. The maximum absolute atomic E-state index is 6.16. The Morgan fingerprint density at radius 3 is 2.91 bits per heavy atom. The minimum Gasteiger partial charge on any atom is -0.487 e. The second kappa shape index (κ2) is 9.16. The highest BCUT2D eigenvalue weighted by molar-refractivity contribution is 5.82. The molecule has 0 bridgehead atoms. The third kappa shape index (κ3) is 3.93. The molecule has 4 aliphatic rings. The van der Waals surface area contributed by atoms with Gasteiger partial charge in [-0.05, 0) is 79.5 Å². The molecule has 3 heterocycles. The molecular weight excluding hydrogens is 420 g/mol. The first-order chi connectivity index (χ1) is 16.8. The summed E-state index contributed by atoms with van der Waals surface area (Å²) in [5, 5.41) is 0. The van der Waals surface area contributed by atoms with Crippen LogP contribution < -0.4 is 0 Å². The minimum atomic E-state index is 0.0940. The van der Waals surface area contributed by atoms with E-state index < -0.39 is 0 Å². The molecule has 0 N–H and O–H groups in total. The Morgan fingerprint density at radius 2 is 2.03 bits per heavy atom. The van der Waals surface area contributed by atoms with E-state index >= 15 is 0 Å². The zero-order chi connectivity index (χ0) is 23.0. The predicted octanol–water partition coefficient (Wildman–Crippen LogP) is 5.59. The quantitative estimate of drug-likeness (QED) is 0.603. The monoisotopic (exact) mass is 454 g/mol. The number of benzene rings is 1. The number of pyridine rings is 1. The summed E-state index contributed by atoms with van der Waals surface area (Å²) >= 11 is 0. The van der Waals surface area contributed by atoms with E-state index in [1.807, 2.05) is 12.3 Å². The largest absolute Gasteiger partial charge is 0.487 e. The van der Waals surface area contributed by atoms with Gasteiger partial charge in [0.05, 0.1) is 11.8 Å². The number of piperidine rings is 1. The molecule has 0 saturated carbocycles. The van der Waals surface area contributed by atoms with Crippen LogP contribution in [0.4, 0.5) is 0 Å². The molecule has 1 saturated heterocycles. The van der Waals surface area contributed by atoms with Crippen LogP contribution >= 0.6 is 0 Å². The number of ether oxygens (including phenoxy) is 2. The standard InChI is InChI=1S/C30H34N2O2/c1-33-23-10-11-29-26(20-23)24(25-7-4-16-31-28(25)21-34-29)8-5-17-32-18-14-30(15-19-32)13-12-22-6-2-3-9-27(22)30/h2-4,6-11,16,23H,5,12-15,17-21H2,1H3. The van der Waals surface area contributed by atoms with Crippen molar-refractivity contribution in [1.82, 2.24) is 9.88 Å². The Morgan fingerprint density at radius 1 is 1.15 bits per heavy atom. The number of nitrogens with zero attached hydrogens (tertiary/aromatic N) is 2. The number of hydrogen-bond donors (Lipinski definition) is 0. The molecule has 1 spiro atoms. The lowest BCUT2D eigenvalue weighted by Gasteiger charge is -2.40. The number of aryl methyl sites for hydroxylation is 1. The van der Waals surface area contributed by atoms with E-state index in [0.717, 1.165) is 30.8 Å². The number of aromatic nitrogens is 1. The van der Waals surface area contributed by atoms with E-state index in [2.05, 4.69) is 58.4 Å². The second-order valence-corrected chi connectivity index (χ2v) is 10.2. The lowest BCUT2D eigenvalue weighted by Crippen LogP contribution is -2.41. The van der Waals surface area contributed by atoms with Gasteiger partial charge in [-0.15, -0.1) is 0 Å². The molecule has 1 unspecified atom stereocenters. The summed E-state index contributed by atoms with van der Waals surface area (Å²) in [7, 11) is 1.78. The van der Waals surface area contributed by atoms with Crippen molar-refractivity contribution in [3.05, 3.63) is 94.5 Å². The van der Waals surface area contributed by atoms with Crippen LogP contribution in [0.1, 0.15) is 54.5 Å². The number of hydrogen-bond acceptors (Lipinski definition) is 4. The maximum Gasteiger partial charge on any atom is 0.131 e. The molecule has 4 heteroatoms. The van der Waals surface area contributed by atoms with E-state index in [1.165, 1.54) is 55.5 Å². The molecule has 6 rings (SSSR count). The van der Waals surface area contributed by atoms with Gasteiger partial charge in [-0.25, -0.2) is 0 Å². The van der Waals surface area contributed by atoms with Crippen molar-refractivity contribution in [3.8, 4) is 0 Å². The van der Waals surface area contributed by atoms with Crippen LogP contribution in [0.15, 0.2) is 72.2 Å². The molecule has 1 atom stereocenters. The Balaban J connectivity index is 1.18. The van der Waals surface area contributed by atoms with Crippen LogP contribution in [0.2, 0.25) is 0 Å².